The van der Waals surface area contributed by atoms with Gasteiger partial charge in [0.25, 0.3) is 0 Å². The van der Waals surface area contributed by atoms with E-state index in [9.17, 15) is 13.6 Å². The number of piperazine rings is 1. The summed E-state index contributed by atoms with van der Waals surface area (Å²) in [6.45, 7) is 6.61. The number of benzene rings is 1. The largest absolute Gasteiger partial charge is 0.444 e. The molecule has 3 rings (SSSR count). The van der Waals surface area contributed by atoms with E-state index in [1.807, 2.05) is 30.6 Å². The minimum atomic E-state index is -0.695. The van der Waals surface area contributed by atoms with Crippen molar-refractivity contribution >= 4 is 33.5 Å². The van der Waals surface area contributed by atoms with E-state index in [-0.39, 0.29) is 28.3 Å². The highest BCUT2D eigenvalue weighted by Gasteiger charge is 2.45. The van der Waals surface area contributed by atoms with Crippen molar-refractivity contribution in [1.29, 1.82) is 0 Å². The van der Waals surface area contributed by atoms with Gasteiger partial charge in [0.1, 0.15) is 17.3 Å². The molecule has 6 nitrogen and oxygen atoms in total. The average molecular weight is 473 g/mol. The molecule has 0 saturated carbocycles. The molecule has 29 heavy (non-hydrogen) atoms. The normalized spacial score (nSPS) is 22.1. The first-order chi connectivity index (χ1) is 13.6. The van der Waals surface area contributed by atoms with Gasteiger partial charge in [-0.15, -0.1) is 0 Å². The number of hydrogen-bond acceptors (Lipinski definition) is 4. The van der Waals surface area contributed by atoms with Crippen LogP contribution >= 0.6 is 15.9 Å². The molecule has 1 aromatic carbocycles. The Kier molecular flexibility index (Phi) is 6.08. The summed E-state index contributed by atoms with van der Waals surface area (Å²) in [5.74, 6) is -0.882. The fourth-order valence-corrected chi connectivity index (χ4v) is 4.45. The van der Waals surface area contributed by atoms with E-state index in [0.717, 1.165) is 12.8 Å². The van der Waals surface area contributed by atoms with Crippen LogP contribution in [0.5, 0.6) is 0 Å². The zero-order valence-electron chi connectivity index (χ0n) is 17.4. The summed E-state index contributed by atoms with van der Waals surface area (Å²) in [5, 5.41) is 2.81. The minimum absolute atomic E-state index is 0.0245. The molecule has 0 aliphatic carbocycles. The smallest absolute Gasteiger partial charge is 0.410 e. The molecule has 2 fully saturated rings. The maximum absolute atomic E-state index is 14.6. The fraction of sp³-hybridized carbons (Fsp3) is 0.600. The summed E-state index contributed by atoms with van der Waals surface area (Å²) >= 11 is 2.95. The molecule has 1 amide bonds. The van der Waals surface area contributed by atoms with Crippen molar-refractivity contribution in [3.63, 3.8) is 0 Å². The van der Waals surface area contributed by atoms with Gasteiger partial charge in [-0.25, -0.2) is 13.6 Å². The summed E-state index contributed by atoms with van der Waals surface area (Å²) in [6, 6.07) is 1.23. The first kappa shape index (κ1) is 21.8. The van der Waals surface area contributed by atoms with E-state index >= 15 is 0 Å². The van der Waals surface area contributed by atoms with Crippen LogP contribution in [0.3, 0.4) is 0 Å². The third-order valence-corrected chi connectivity index (χ3v) is 5.98. The monoisotopic (exact) mass is 472 g/mol. The van der Waals surface area contributed by atoms with Gasteiger partial charge in [-0.05, 0) is 55.6 Å². The zero-order valence-corrected chi connectivity index (χ0v) is 18.9. The van der Waals surface area contributed by atoms with Gasteiger partial charge in [0.2, 0.25) is 0 Å². The summed E-state index contributed by atoms with van der Waals surface area (Å²) in [7, 11) is 3.19. The van der Waals surface area contributed by atoms with Crippen LogP contribution in [-0.4, -0.2) is 66.6 Å². The number of anilines is 1. The number of rotatable bonds is 2. The van der Waals surface area contributed by atoms with E-state index in [0.29, 0.717) is 24.5 Å². The van der Waals surface area contributed by atoms with Crippen molar-refractivity contribution in [2.75, 3.05) is 32.5 Å². The molecule has 2 saturated heterocycles. The second kappa shape index (κ2) is 8.08. The Labute approximate surface area is 178 Å². The van der Waals surface area contributed by atoms with Crippen LogP contribution < -0.4 is 5.32 Å². The molecule has 1 aromatic rings. The van der Waals surface area contributed by atoms with Gasteiger partial charge >= 0.3 is 6.09 Å². The Morgan fingerprint density at radius 3 is 2.34 bits per heavy atom. The lowest BCUT2D eigenvalue weighted by atomic mass is 10.1. The highest BCUT2D eigenvalue weighted by molar-refractivity contribution is 9.10. The molecule has 2 unspecified atom stereocenters. The van der Waals surface area contributed by atoms with Gasteiger partial charge < -0.3 is 15.0 Å². The van der Waals surface area contributed by atoms with Crippen LogP contribution in [-0.2, 0) is 4.74 Å². The van der Waals surface area contributed by atoms with E-state index in [1.165, 1.54) is 6.07 Å². The van der Waals surface area contributed by atoms with E-state index < -0.39 is 17.2 Å². The third kappa shape index (κ3) is 4.20. The van der Waals surface area contributed by atoms with Gasteiger partial charge in [0.05, 0.1) is 22.2 Å². The SMILES string of the molecule is CN=C(c1cc(F)c(Br)c(F)c1NC)N1CC2CCC(C1)N2C(=O)OC(C)(C)C. The first-order valence-corrected chi connectivity index (χ1v) is 10.4. The number of amidine groups is 1. The Morgan fingerprint density at radius 1 is 1.28 bits per heavy atom. The van der Waals surface area contributed by atoms with Crippen LogP contribution in [0.25, 0.3) is 0 Å². The topological polar surface area (TPSA) is 57.2 Å². The molecule has 2 aliphatic heterocycles. The number of carbonyl (C=O) groups is 1. The summed E-state index contributed by atoms with van der Waals surface area (Å²) in [6.07, 6.45) is 1.41. The zero-order chi connectivity index (χ0) is 21.5. The Bertz CT molecular complexity index is 827. The maximum atomic E-state index is 14.6. The molecule has 2 atom stereocenters. The minimum Gasteiger partial charge on any atom is -0.444 e. The van der Waals surface area contributed by atoms with Gasteiger partial charge in [0.15, 0.2) is 5.82 Å². The maximum Gasteiger partial charge on any atom is 0.410 e. The lowest BCUT2D eigenvalue weighted by molar-refractivity contribution is 0.00285. The number of likely N-dealkylation sites (tertiary alicyclic amines) is 1. The van der Waals surface area contributed by atoms with Crippen molar-refractivity contribution in [3.8, 4) is 0 Å². The number of fused-ring (bicyclic) bond motifs is 2. The number of nitrogens with one attached hydrogen (secondary N) is 1. The third-order valence-electron chi connectivity index (χ3n) is 5.25. The van der Waals surface area contributed by atoms with Crippen LogP contribution in [0.1, 0.15) is 39.2 Å². The molecule has 0 aromatic heterocycles. The Morgan fingerprint density at radius 2 is 1.86 bits per heavy atom. The second-order valence-electron chi connectivity index (χ2n) is 8.38. The molecule has 2 aliphatic rings. The number of carbonyl (C=O) groups excluding carboxylic acids is 1. The molecule has 0 radical (unpaired) electrons. The lowest BCUT2D eigenvalue weighted by Gasteiger charge is -2.42. The van der Waals surface area contributed by atoms with E-state index in [4.69, 9.17) is 4.74 Å². The predicted octanol–water partition coefficient (Wildman–Crippen LogP) is 4.23. The number of hydrogen-bond donors (Lipinski definition) is 1. The number of aliphatic imine (C=N–C) groups is 1. The van der Waals surface area contributed by atoms with Crippen LogP contribution in [0.2, 0.25) is 0 Å². The van der Waals surface area contributed by atoms with E-state index in [1.54, 1.807) is 14.1 Å². The van der Waals surface area contributed by atoms with Crippen molar-refractivity contribution in [2.24, 2.45) is 4.99 Å². The number of nitrogens with zero attached hydrogens (tertiary/aromatic N) is 3. The Balaban J connectivity index is 1.88. The fourth-order valence-electron chi connectivity index (χ4n) is 4.14. The predicted molar refractivity (Wildman–Crippen MR) is 113 cm³/mol. The van der Waals surface area contributed by atoms with Gasteiger partial charge in [-0.3, -0.25) is 9.89 Å². The first-order valence-electron chi connectivity index (χ1n) is 9.66. The standard InChI is InChI=1S/C20H27BrF2N4O2/c1-20(2,3)29-19(28)27-11-6-7-12(27)10-26(9-11)18(25-5)13-8-14(22)15(21)16(23)17(13)24-4/h8,11-12,24H,6-7,9-10H2,1-5H3. The molecule has 1 N–H and O–H groups in total. The summed E-state index contributed by atoms with van der Waals surface area (Å²) in [5.41, 5.74) is -0.0168. The van der Waals surface area contributed by atoms with Crippen molar-refractivity contribution < 1.29 is 18.3 Å². The highest BCUT2D eigenvalue weighted by atomic mass is 79.9. The molecular weight excluding hydrogens is 446 g/mol. The lowest BCUT2D eigenvalue weighted by Crippen LogP contribution is -2.58. The van der Waals surface area contributed by atoms with Crippen LogP contribution in [0.4, 0.5) is 19.3 Å². The summed E-state index contributed by atoms with van der Waals surface area (Å²) < 4.78 is 34.2. The average Bonchev–Trinajstić information content (AvgIpc) is 2.90. The molecule has 2 bridgehead atoms. The highest BCUT2D eigenvalue weighted by Crippen LogP contribution is 2.35. The number of halogens is 3. The molecule has 0 spiro atoms. The summed E-state index contributed by atoms with van der Waals surface area (Å²) in [4.78, 5) is 20.8. The molecule has 160 valence electrons. The van der Waals surface area contributed by atoms with Crippen molar-refractivity contribution in [2.45, 2.75) is 51.3 Å². The number of ether oxygens (including phenoxy) is 1. The van der Waals surface area contributed by atoms with Crippen LogP contribution in [0, 0.1) is 11.6 Å². The Hall–Kier alpha value is -1.90. The molecule has 2 heterocycles. The molecular formula is C20H27BrF2N4O2. The van der Waals surface area contributed by atoms with Gasteiger partial charge in [0, 0.05) is 32.7 Å². The van der Waals surface area contributed by atoms with Gasteiger partial charge in [-0.2, -0.15) is 0 Å². The van der Waals surface area contributed by atoms with Crippen LogP contribution in [0.15, 0.2) is 15.5 Å². The van der Waals surface area contributed by atoms with Crippen molar-refractivity contribution in [3.05, 3.63) is 27.7 Å². The quantitative estimate of drug-likeness (QED) is 0.397. The van der Waals surface area contributed by atoms with Gasteiger partial charge in [-0.1, -0.05) is 0 Å². The second-order valence-corrected chi connectivity index (χ2v) is 9.18. The number of amides is 1. The van der Waals surface area contributed by atoms with Crippen molar-refractivity contribution in [1.82, 2.24) is 9.80 Å². The molecule has 9 heteroatoms. The van der Waals surface area contributed by atoms with E-state index in [2.05, 4.69) is 26.2 Å².